The molecule has 1 fully saturated rings. The molecule has 0 aromatic rings. The highest BCUT2D eigenvalue weighted by atomic mass is 35.5. The average Bonchev–Trinajstić information content (AvgIpc) is 1.85. The van der Waals surface area contributed by atoms with Crippen molar-refractivity contribution in [2.45, 2.75) is 18.8 Å². The van der Waals surface area contributed by atoms with Gasteiger partial charge in [-0.2, -0.15) is 0 Å². The van der Waals surface area contributed by atoms with E-state index in [1.807, 2.05) is 0 Å². The Kier molecular flexibility index (Phi) is 4.97. The number of hydrogen-bond acceptors (Lipinski definition) is 2. The summed E-state index contributed by atoms with van der Waals surface area (Å²) >= 11 is 0. The first-order valence-corrected chi connectivity index (χ1v) is 3.85. The second-order valence-corrected chi connectivity index (χ2v) is 2.96. The fourth-order valence-electron chi connectivity index (χ4n) is 1.38. The summed E-state index contributed by atoms with van der Waals surface area (Å²) in [6.07, 6.45) is 0.530. The van der Waals surface area contributed by atoms with Gasteiger partial charge in [0.2, 0.25) is 0 Å². The maximum atomic E-state index is 12.7. The van der Waals surface area contributed by atoms with Gasteiger partial charge in [0, 0.05) is 13.0 Å². The Hall–Kier alpha value is 0.0700. The van der Waals surface area contributed by atoms with Crippen molar-refractivity contribution >= 4 is 12.4 Å². The predicted molar refractivity (Wildman–Crippen MR) is 45.0 cm³/mol. The molecule has 0 bridgehead atoms. The number of β-amino-alcohol motifs (C(OH)–C–C–N with tert-alkyl or cyclic N) is 1. The number of halogens is 3. The molecule has 5 heteroatoms. The lowest BCUT2D eigenvalue weighted by atomic mass is 10.1. The van der Waals surface area contributed by atoms with E-state index in [0.29, 0.717) is 19.5 Å². The zero-order chi connectivity index (χ0) is 8.32. The van der Waals surface area contributed by atoms with E-state index >= 15 is 0 Å². The van der Waals surface area contributed by atoms with Gasteiger partial charge < -0.3 is 5.11 Å². The van der Waals surface area contributed by atoms with Crippen molar-refractivity contribution in [2.24, 2.45) is 0 Å². The minimum absolute atomic E-state index is 0. The zero-order valence-electron chi connectivity index (χ0n) is 6.80. The van der Waals surface area contributed by atoms with Crippen LogP contribution in [-0.2, 0) is 0 Å². The highest BCUT2D eigenvalue weighted by molar-refractivity contribution is 5.85. The van der Waals surface area contributed by atoms with Gasteiger partial charge in [0.05, 0.1) is 13.2 Å². The quantitative estimate of drug-likeness (QED) is 0.724. The van der Waals surface area contributed by atoms with Crippen LogP contribution in [-0.4, -0.2) is 42.2 Å². The van der Waals surface area contributed by atoms with E-state index in [1.54, 1.807) is 4.90 Å². The van der Waals surface area contributed by atoms with E-state index in [2.05, 4.69) is 0 Å². The first-order valence-electron chi connectivity index (χ1n) is 3.85. The van der Waals surface area contributed by atoms with Crippen molar-refractivity contribution in [2.75, 3.05) is 26.2 Å². The Balaban J connectivity index is 0.00000121. The largest absolute Gasteiger partial charge is 0.395 e. The number of aliphatic hydroxyl groups excluding tert-OH is 1. The molecule has 1 aliphatic heterocycles. The number of rotatable bonds is 2. The summed E-state index contributed by atoms with van der Waals surface area (Å²) in [6, 6.07) is 0. The van der Waals surface area contributed by atoms with Crippen molar-refractivity contribution < 1.29 is 13.9 Å². The van der Waals surface area contributed by atoms with Crippen LogP contribution in [0.25, 0.3) is 0 Å². The highest BCUT2D eigenvalue weighted by Crippen LogP contribution is 2.25. The number of piperidine rings is 1. The maximum absolute atomic E-state index is 12.7. The van der Waals surface area contributed by atoms with Crippen LogP contribution in [0.5, 0.6) is 0 Å². The molecule has 1 aliphatic rings. The van der Waals surface area contributed by atoms with Crippen LogP contribution in [0, 0.1) is 0 Å². The van der Waals surface area contributed by atoms with Gasteiger partial charge >= 0.3 is 0 Å². The molecule has 0 spiro atoms. The van der Waals surface area contributed by atoms with Crippen LogP contribution in [0.15, 0.2) is 0 Å². The minimum atomic E-state index is -2.53. The molecule has 74 valence electrons. The molecule has 0 aromatic heterocycles. The monoisotopic (exact) mass is 201 g/mol. The van der Waals surface area contributed by atoms with Gasteiger partial charge in [-0.05, 0) is 13.0 Å². The molecular formula is C7H14ClF2NO. The zero-order valence-corrected chi connectivity index (χ0v) is 7.62. The second kappa shape index (κ2) is 4.94. The van der Waals surface area contributed by atoms with Gasteiger partial charge in [0.1, 0.15) is 0 Å². The van der Waals surface area contributed by atoms with Crippen LogP contribution >= 0.6 is 12.4 Å². The number of aliphatic hydroxyl groups is 1. The molecule has 1 rings (SSSR count). The molecule has 0 radical (unpaired) electrons. The molecule has 1 heterocycles. The molecule has 0 aliphatic carbocycles. The summed E-state index contributed by atoms with van der Waals surface area (Å²) in [5.41, 5.74) is 0. The summed E-state index contributed by atoms with van der Waals surface area (Å²) < 4.78 is 25.3. The first kappa shape index (κ1) is 12.1. The van der Waals surface area contributed by atoms with Crippen LogP contribution in [0.2, 0.25) is 0 Å². The second-order valence-electron chi connectivity index (χ2n) is 2.96. The van der Waals surface area contributed by atoms with Crippen LogP contribution < -0.4 is 0 Å². The topological polar surface area (TPSA) is 23.5 Å². The van der Waals surface area contributed by atoms with Gasteiger partial charge in [0.15, 0.2) is 0 Å². The average molecular weight is 202 g/mol. The summed E-state index contributed by atoms with van der Waals surface area (Å²) in [4.78, 5) is 1.60. The fourth-order valence-corrected chi connectivity index (χ4v) is 1.38. The lowest BCUT2D eigenvalue weighted by Crippen LogP contribution is -2.43. The summed E-state index contributed by atoms with van der Waals surface area (Å²) in [5, 5.41) is 8.50. The van der Waals surface area contributed by atoms with E-state index < -0.39 is 5.92 Å². The Bertz CT molecular complexity index is 133. The normalized spacial score (nSPS) is 23.2. The van der Waals surface area contributed by atoms with Gasteiger partial charge in [-0.3, -0.25) is 4.90 Å². The summed E-state index contributed by atoms with van der Waals surface area (Å²) in [7, 11) is 0. The van der Waals surface area contributed by atoms with Crippen LogP contribution in [0.4, 0.5) is 8.78 Å². The van der Waals surface area contributed by atoms with E-state index in [1.165, 1.54) is 0 Å². The Labute approximate surface area is 77.0 Å². The SMILES string of the molecule is Cl.OCCN1CCCC(F)(F)C1. The highest BCUT2D eigenvalue weighted by Gasteiger charge is 2.34. The lowest BCUT2D eigenvalue weighted by molar-refractivity contribution is -0.0662. The number of alkyl halides is 2. The third kappa shape index (κ3) is 3.65. The smallest absolute Gasteiger partial charge is 0.260 e. The van der Waals surface area contributed by atoms with Gasteiger partial charge in [0.25, 0.3) is 5.92 Å². The molecule has 1 saturated heterocycles. The molecule has 0 saturated carbocycles. The number of likely N-dealkylation sites (tertiary alicyclic amines) is 1. The summed E-state index contributed by atoms with van der Waals surface area (Å²) in [6.45, 7) is 0.843. The molecule has 12 heavy (non-hydrogen) atoms. The Morgan fingerprint density at radius 2 is 2.08 bits per heavy atom. The van der Waals surface area contributed by atoms with Crippen LogP contribution in [0.3, 0.4) is 0 Å². The van der Waals surface area contributed by atoms with Gasteiger partial charge in [-0.1, -0.05) is 0 Å². The third-order valence-electron chi connectivity index (χ3n) is 1.89. The third-order valence-corrected chi connectivity index (χ3v) is 1.89. The molecule has 0 amide bonds. The number of hydrogen-bond donors (Lipinski definition) is 1. The van der Waals surface area contributed by atoms with E-state index in [-0.39, 0.29) is 32.0 Å². The van der Waals surface area contributed by atoms with Crippen molar-refractivity contribution in [3.8, 4) is 0 Å². The summed E-state index contributed by atoms with van der Waals surface area (Å²) in [5.74, 6) is -2.53. The minimum Gasteiger partial charge on any atom is -0.395 e. The molecule has 0 aromatic carbocycles. The van der Waals surface area contributed by atoms with Crippen LogP contribution in [0.1, 0.15) is 12.8 Å². The van der Waals surface area contributed by atoms with Gasteiger partial charge in [-0.25, -0.2) is 8.78 Å². The van der Waals surface area contributed by atoms with Crippen molar-refractivity contribution in [1.82, 2.24) is 4.90 Å². The van der Waals surface area contributed by atoms with Crippen molar-refractivity contribution in [3.05, 3.63) is 0 Å². The Morgan fingerprint density at radius 3 is 2.58 bits per heavy atom. The molecule has 0 unspecified atom stereocenters. The van der Waals surface area contributed by atoms with E-state index in [4.69, 9.17) is 5.11 Å². The van der Waals surface area contributed by atoms with Crippen molar-refractivity contribution in [3.63, 3.8) is 0 Å². The lowest BCUT2D eigenvalue weighted by Gasteiger charge is -2.31. The standard InChI is InChI=1S/C7H13F2NO.ClH/c8-7(9)2-1-3-10(6-7)4-5-11;/h11H,1-6H2;1H. The number of nitrogens with zero attached hydrogens (tertiary/aromatic N) is 1. The van der Waals surface area contributed by atoms with Gasteiger partial charge in [-0.15, -0.1) is 12.4 Å². The van der Waals surface area contributed by atoms with E-state index in [0.717, 1.165) is 0 Å². The van der Waals surface area contributed by atoms with E-state index in [9.17, 15) is 8.78 Å². The Morgan fingerprint density at radius 1 is 1.42 bits per heavy atom. The molecule has 0 atom stereocenters. The maximum Gasteiger partial charge on any atom is 0.260 e. The molecule has 2 nitrogen and oxygen atoms in total. The molecular weight excluding hydrogens is 188 g/mol. The predicted octanol–water partition coefficient (Wildman–Crippen LogP) is 1.13. The first-order chi connectivity index (χ1) is 5.14. The van der Waals surface area contributed by atoms with Crippen molar-refractivity contribution in [1.29, 1.82) is 0 Å². The fraction of sp³-hybridized carbons (Fsp3) is 1.00. The molecule has 1 N–H and O–H groups in total.